The molecule has 4 aromatic rings. The van der Waals surface area contributed by atoms with Crippen molar-refractivity contribution in [2.45, 2.75) is 12.6 Å². The molecule has 0 amide bonds. The van der Waals surface area contributed by atoms with Gasteiger partial charge in [-0.1, -0.05) is 78.9 Å². The molecule has 0 bridgehead atoms. The van der Waals surface area contributed by atoms with Crippen molar-refractivity contribution >= 4 is 0 Å². The maximum absolute atomic E-state index is 6.08. The number of benzene rings is 3. The zero-order chi connectivity index (χ0) is 18.5. The molecule has 1 heterocycles. The van der Waals surface area contributed by atoms with E-state index in [4.69, 9.17) is 4.42 Å². The van der Waals surface area contributed by atoms with Gasteiger partial charge >= 0.3 is 0 Å². The second kappa shape index (κ2) is 7.98. The summed E-state index contributed by atoms with van der Waals surface area (Å²) in [6.45, 7) is 0.781. The summed E-state index contributed by atoms with van der Waals surface area (Å²) in [4.78, 5) is 2.23. The minimum absolute atomic E-state index is 0.114. The lowest BCUT2D eigenvalue weighted by atomic mass is 10.0. The summed E-state index contributed by atoms with van der Waals surface area (Å²) < 4.78 is 6.08. The molecule has 4 heteroatoms. The Balaban J connectivity index is 1.67. The molecule has 0 N–H and O–H groups in total. The summed E-state index contributed by atoms with van der Waals surface area (Å²) in [6, 6.07) is 30.4. The fraction of sp³-hybridized carbons (Fsp3) is 0.130. The van der Waals surface area contributed by atoms with Crippen LogP contribution in [0.5, 0.6) is 0 Å². The molecule has 1 atom stereocenters. The largest absolute Gasteiger partial charge is 0.419 e. The molecule has 0 aliphatic carbocycles. The van der Waals surface area contributed by atoms with Crippen LogP contribution in [0.4, 0.5) is 0 Å². The minimum atomic E-state index is -0.114. The first kappa shape index (κ1) is 17.2. The maximum Gasteiger partial charge on any atom is 0.247 e. The fourth-order valence-corrected chi connectivity index (χ4v) is 3.23. The smallest absolute Gasteiger partial charge is 0.247 e. The standard InChI is InChI=1S/C23H21N3O/c1-26(17-18-11-5-2-6-12-18)21(19-13-7-3-8-14-19)23-25-24-22(27-23)20-15-9-4-10-16-20/h2-16,21H,17H2,1H3. The lowest BCUT2D eigenvalue weighted by molar-refractivity contribution is 0.235. The zero-order valence-corrected chi connectivity index (χ0v) is 15.2. The molecule has 134 valence electrons. The van der Waals surface area contributed by atoms with Crippen LogP contribution in [0, 0.1) is 0 Å². The van der Waals surface area contributed by atoms with E-state index < -0.39 is 0 Å². The van der Waals surface area contributed by atoms with Crippen molar-refractivity contribution in [3.63, 3.8) is 0 Å². The van der Waals surface area contributed by atoms with Crippen LogP contribution in [-0.4, -0.2) is 22.1 Å². The van der Waals surface area contributed by atoms with Gasteiger partial charge in [0.15, 0.2) is 0 Å². The van der Waals surface area contributed by atoms with Gasteiger partial charge in [0, 0.05) is 12.1 Å². The normalized spacial score (nSPS) is 12.2. The van der Waals surface area contributed by atoms with E-state index in [0.29, 0.717) is 11.8 Å². The van der Waals surface area contributed by atoms with E-state index >= 15 is 0 Å². The topological polar surface area (TPSA) is 42.2 Å². The van der Waals surface area contributed by atoms with Crippen LogP contribution in [-0.2, 0) is 6.54 Å². The van der Waals surface area contributed by atoms with Crippen LogP contribution in [0.2, 0.25) is 0 Å². The molecule has 0 saturated carbocycles. The highest BCUT2D eigenvalue weighted by Crippen LogP contribution is 2.30. The summed E-state index contributed by atoms with van der Waals surface area (Å²) in [7, 11) is 2.08. The maximum atomic E-state index is 6.08. The Bertz CT molecular complexity index is 968. The molecule has 0 radical (unpaired) electrons. The number of nitrogens with zero attached hydrogens (tertiary/aromatic N) is 3. The van der Waals surface area contributed by atoms with E-state index in [2.05, 4.69) is 58.5 Å². The van der Waals surface area contributed by atoms with E-state index in [1.54, 1.807) is 0 Å². The Kier molecular flexibility index (Phi) is 5.08. The first-order chi connectivity index (χ1) is 13.3. The van der Waals surface area contributed by atoms with Crippen LogP contribution in [0.1, 0.15) is 23.1 Å². The van der Waals surface area contributed by atoms with Crippen molar-refractivity contribution < 1.29 is 4.42 Å². The number of aromatic nitrogens is 2. The summed E-state index contributed by atoms with van der Waals surface area (Å²) in [5.74, 6) is 1.14. The van der Waals surface area contributed by atoms with Crippen LogP contribution in [0.25, 0.3) is 11.5 Å². The van der Waals surface area contributed by atoms with Crippen LogP contribution in [0.15, 0.2) is 95.4 Å². The van der Waals surface area contributed by atoms with E-state index in [9.17, 15) is 0 Å². The first-order valence-electron chi connectivity index (χ1n) is 8.99. The summed E-state index contributed by atoms with van der Waals surface area (Å²) in [5, 5.41) is 8.65. The molecular formula is C23H21N3O. The van der Waals surface area contributed by atoms with E-state index in [1.165, 1.54) is 5.56 Å². The highest BCUT2D eigenvalue weighted by molar-refractivity contribution is 5.51. The third-order valence-electron chi connectivity index (χ3n) is 4.53. The van der Waals surface area contributed by atoms with Crippen molar-refractivity contribution in [3.8, 4) is 11.5 Å². The molecule has 4 rings (SSSR count). The molecule has 0 spiro atoms. The van der Waals surface area contributed by atoms with Gasteiger partial charge in [-0.15, -0.1) is 10.2 Å². The molecule has 0 aliphatic rings. The van der Waals surface area contributed by atoms with Gasteiger partial charge in [0.1, 0.15) is 6.04 Å². The molecule has 4 nitrogen and oxygen atoms in total. The van der Waals surface area contributed by atoms with Crippen molar-refractivity contribution in [2.75, 3.05) is 7.05 Å². The second-order valence-corrected chi connectivity index (χ2v) is 6.53. The van der Waals surface area contributed by atoms with Crippen LogP contribution >= 0.6 is 0 Å². The molecule has 3 aromatic carbocycles. The SMILES string of the molecule is CN(Cc1ccccc1)C(c1ccccc1)c1nnc(-c2ccccc2)o1. The van der Waals surface area contributed by atoms with Crippen molar-refractivity contribution in [1.29, 1.82) is 0 Å². The highest BCUT2D eigenvalue weighted by Gasteiger charge is 2.25. The molecule has 1 unspecified atom stereocenters. The summed E-state index contributed by atoms with van der Waals surface area (Å²) in [6.07, 6.45) is 0. The van der Waals surface area contributed by atoms with E-state index in [0.717, 1.165) is 17.7 Å². The van der Waals surface area contributed by atoms with Gasteiger partial charge in [-0.25, -0.2) is 0 Å². The third-order valence-corrected chi connectivity index (χ3v) is 4.53. The summed E-state index contributed by atoms with van der Waals surface area (Å²) >= 11 is 0. The second-order valence-electron chi connectivity index (χ2n) is 6.53. The monoisotopic (exact) mass is 355 g/mol. The minimum Gasteiger partial charge on any atom is -0.419 e. The van der Waals surface area contributed by atoms with Crippen LogP contribution in [0.3, 0.4) is 0 Å². The Morgan fingerprint density at radius 1 is 0.778 bits per heavy atom. The Hall–Kier alpha value is -3.24. The van der Waals surface area contributed by atoms with Crippen molar-refractivity contribution in [1.82, 2.24) is 15.1 Å². The average molecular weight is 355 g/mol. The van der Waals surface area contributed by atoms with Crippen molar-refractivity contribution in [2.24, 2.45) is 0 Å². The molecule has 0 saturated heterocycles. The van der Waals surface area contributed by atoms with Crippen LogP contribution < -0.4 is 0 Å². The Morgan fingerprint density at radius 3 is 2.04 bits per heavy atom. The Morgan fingerprint density at radius 2 is 1.37 bits per heavy atom. The molecule has 27 heavy (non-hydrogen) atoms. The van der Waals surface area contributed by atoms with Gasteiger partial charge in [0.05, 0.1) is 0 Å². The highest BCUT2D eigenvalue weighted by atomic mass is 16.4. The first-order valence-corrected chi connectivity index (χ1v) is 8.99. The van der Waals surface area contributed by atoms with Gasteiger partial charge in [-0.2, -0.15) is 0 Å². The van der Waals surface area contributed by atoms with E-state index in [1.807, 2.05) is 54.6 Å². The predicted octanol–water partition coefficient (Wildman–Crippen LogP) is 4.96. The lowest BCUT2D eigenvalue weighted by Crippen LogP contribution is -2.25. The fourth-order valence-electron chi connectivity index (χ4n) is 3.23. The van der Waals surface area contributed by atoms with Gasteiger partial charge in [-0.3, -0.25) is 4.90 Å². The molecule has 0 fully saturated rings. The summed E-state index contributed by atoms with van der Waals surface area (Å²) in [5.41, 5.74) is 3.29. The predicted molar refractivity (Wildman–Crippen MR) is 106 cm³/mol. The van der Waals surface area contributed by atoms with Crippen molar-refractivity contribution in [3.05, 3.63) is 108 Å². The quantitative estimate of drug-likeness (QED) is 0.490. The van der Waals surface area contributed by atoms with E-state index in [-0.39, 0.29) is 6.04 Å². The zero-order valence-electron chi connectivity index (χ0n) is 15.2. The van der Waals surface area contributed by atoms with Gasteiger partial charge in [0.2, 0.25) is 11.8 Å². The third kappa shape index (κ3) is 3.96. The molecule has 1 aromatic heterocycles. The number of hydrogen-bond donors (Lipinski definition) is 0. The average Bonchev–Trinajstić information content (AvgIpc) is 3.20. The number of hydrogen-bond acceptors (Lipinski definition) is 4. The Labute approximate surface area is 159 Å². The molecular weight excluding hydrogens is 334 g/mol. The van der Waals surface area contributed by atoms with Gasteiger partial charge in [-0.05, 0) is 30.3 Å². The number of rotatable bonds is 6. The lowest BCUT2D eigenvalue weighted by Gasteiger charge is -2.25. The van der Waals surface area contributed by atoms with Gasteiger partial charge < -0.3 is 4.42 Å². The molecule has 0 aliphatic heterocycles. The van der Waals surface area contributed by atoms with Gasteiger partial charge in [0.25, 0.3) is 0 Å².